The molecule has 1 amide bonds. The smallest absolute Gasteiger partial charge is 0.258 e. The molecule has 3 aromatic rings. The number of benzene rings is 2. The van der Waals surface area contributed by atoms with E-state index in [9.17, 15) is 9.90 Å². The lowest BCUT2D eigenvalue weighted by molar-refractivity contribution is 0.0376. The summed E-state index contributed by atoms with van der Waals surface area (Å²) in [5, 5.41) is 15.0. The SMILES string of the molecule is CC1(O)CCCc2oc3c(NC(=O)c4c(Cl)cccc4Cl)cccc3c21. The largest absolute Gasteiger partial charge is 0.458 e. The van der Waals surface area contributed by atoms with Gasteiger partial charge in [0, 0.05) is 17.4 Å². The summed E-state index contributed by atoms with van der Waals surface area (Å²) in [5.41, 5.74) is 1.17. The Kier molecular flexibility index (Phi) is 4.22. The van der Waals surface area contributed by atoms with Crippen LogP contribution < -0.4 is 5.32 Å². The Hall–Kier alpha value is -2.01. The van der Waals surface area contributed by atoms with Gasteiger partial charge in [0.05, 0.1) is 26.9 Å². The van der Waals surface area contributed by atoms with Crippen molar-refractivity contribution in [3.8, 4) is 0 Å². The van der Waals surface area contributed by atoms with Crippen LogP contribution in [0, 0.1) is 0 Å². The minimum absolute atomic E-state index is 0.219. The number of para-hydroxylation sites is 1. The summed E-state index contributed by atoms with van der Waals surface area (Å²) >= 11 is 12.3. The number of fused-ring (bicyclic) bond motifs is 3. The van der Waals surface area contributed by atoms with Crippen molar-refractivity contribution in [2.45, 2.75) is 31.8 Å². The predicted molar refractivity (Wildman–Crippen MR) is 103 cm³/mol. The first-order valence-electron chi connectivity index (χ1n) is 8.41. The lowest BCUT2D eigenvalue weighted by Gasteiger charge is -2.27. The minimum atomic E-state index is -0.937. The zero-order valence-electron chi connectivity index (χ0n) is 14.1. The molecule has 134 valence electrons. The van der Waals surface area contributed by atoms with Crippen molar-refractivity contribution < 1.29 is 14.3 Å². The van der Waals surface area contributed by atoms with Crippen molar-refractivity contribution in [3.63, 3.8) is 0 Å². The number of hydrogen-bond donors (Lipinski definition) is 2. The molecular formula is C20H17Cl2NO3. The van der Waals surface area contributed by atoms with Crippen LogP contribution in [-0.4, -0.2) is 11.0 Å². The number of rotatable bonds is 2. The Morgan fingerprint density at radius 3 is 2.62 bits per heavy atom. The maximum atomic E-state index is 12.7. The number of furan rings is 1. The molecule has 1 atom stereocenters. The summed E-state index contributed by atoms with van der Waals surface area (Å²) in [7, 11) is 0. The summed E-state index contributed by atoms with van der Waals surface area (Å²) in [5.74, 6) is 0.364. The fourth-order valence-electron chi connectivity index (χ4n) is 3.65. The van der Waals surface area contributed by atoms with Gasteiger partial charge in [-0.1, -0.05) is 41.4 Å². The molecular weight excluding hydrogens is 373 g/mol. The zero-order chi connectivity index (χ0) is 18.5. The van der Waals surface area contributed by atoms with Crippen LogP contribution in [0.5, 0.6) is 0 Å². The van der Waals surface area contributed by atoms with Gasteiger partial charge < -0.3 is 14.8 Å². The van der Waals surface area contributed by atoms with Gasteiger partial charge in [-0.05, 0) is 38.0 Å². The molecule has 1 aliphatic rings. The van der Waals surface area contributed by atoms with E-state index < -0.39 is 11.5 Å². The highest BCUT2D eigenvalue weighted by molar-refractivity contribution is 6.40. The molecule has 1 unspecified atom stereocenters. The molecule has 2 N–H and O–H groups in total. The Morgan fingerprint density at radius 1 is 1.19 bits per heavy atom. The summed E-state index contributed by atoms with van der Waals surface area (Å²) in [6, 6.07) is 10.4. The molecule has 0 radical (unpaired) electrons. The second-order valence-electron chi connectivity index (χ2n) is 6.76. The molecule has 0 bridgehead atoms. The van der Waals surface area contributed by atoms with E-state index in [1.54, 1.807) is 31.2 Å². The van der Waals surface area contributed by atoms with Crippen molar-refractivity contribution >= 4 is 45.8 Å². The molecule has 2 aromatic carbocycles. The van der Waals surface area contributed by atoms with E-state index in [2.05, 4.69) is 5.32 Å². The average molecular weight is 390 g/mol. The van der Waals surface area contributed by atoms with Crippen molar-refractivity contribution in [2.75, 3.05) is 5.32 Å². The van der Waals surface area contributed by atoms with Crippen LogP contribution in [0.15, 0.2) is 40.8 Å². The molecule has 0 fully saturated rings. The number of nitrogens with one attached hydrogen (secondary N) is 1. The quantitative estimate of drug-likeness (QED) is 0.604. The summed E-state index contributed by atoms with van der Waals surface area (Å²) in [4.78, 5) is 12.7. The predicted octanol–water partition coefficient (Wildman–Crippen LogP) is 5.54. The summed E-state index contributed by atoms with van der Waals surface area (Å²) in [6.07, 6.45) is 2.31. The maximum absolute atomic E-state index is 12.7. The van der Waals surface area contributed by atoms with Gasteiger partial charge in [0.15, 0.2) is 5.58 Å². The third kappa shape index (κ3) is 2.78. The third-order valence-corrected chi connectivity index (χ3v) is 5.46. The number of carbonyl (C=O) groups is 1. The van der Waals surface area contributed by atoms with Crippen LogP contribution in [0.3, 0.4) is 0 Å². The first-order chi connectivity index (χ1) is 12.4. The molecule has 26 heavy (non-hydrogen) atoms. The first kappa shape index (κ1) is 17.4. The molecule has 0 saturated heterocycles. The molecule has 0 spiro atoms. The molecule has 1 aliphatic carbocycles. The van der Waals surface area contributed by atoms with E-state index in [0.717, 1.165) is 29.6 Å². The normalized spacial score (nSPS) is 19.4. The molecule has 0 aliphatic heterocycles. The number of halogens is 2. The lowest BCUT2D eigenvalue weighted by atomic mass is 9.83. The second-order valence-corrected chi connectivity index (χ2v) is 7.58. The third-order valence-electron chi connectivity index (χ3n) is 4.83. The van der Waals surface area contributed by atoms with Gasteiger partial charge in [-0.3, -0.25) is 4.79 Å². The number of aliphatic hydroxyl groups is 1. The van der Waals surface area contributed by atoms with E-state index in [4.69, 9.17) is 27.6 Å². The van der Waals surface area contributed by atoms with Crippen molar-refractivity contribution in [2.24, 2.45) is 0 Å². The summed E-state index contributed by atoms with van der Waals surface area (Å²) < 4.78 is 6.01. The standard InChI is InChI=1S/C20H17Cl2NO3/c1-20(25)10-4-9-15-17(20)11-5-2-8-14(18(11)26-15)23-19(24)16-12(21)6-3-7-13(16)22/h2-3,5-8,25H,4,9-10H2,1H3,(H,23,24). The Labute approximate surface area is 160 Å². The number of carbonyl (C=O) groups excluding carboxylic acids is 1. The molecule has 0 saturated carbocycles. The first-order valence-corrected chi connectivity index (χ1v) is 9.17. The maximum Gasteiger partial charge on any atom is 0.258 e. The van der Waals surface area contributed by atoms with Gasteiger partial charge in [0.25, 0.3) is 5.91 Å². The van der Waals surface area contributed by atoms with Gasteiger partial charge in [-0.15, -0.1) is 0 Å². The monoisotopic (exact) mass is 389 g/mol. The Morgan fingerprint density at radius 2 is 1.88 bits per heavy atom. The van der Waals surface area contributed by atoms with Crippen LogP contribution in [0.2, 0.25) is 10.0 Å². The van der Waals surface area contributed by atoms with E-state index >= 15 is 0 Å². The Balaban J connectivity index is 1.79. The number of amides is 1. The van der Waals surface area contributed by atoms with Crippen LogP contribution in [0.1, 0.15) is 41.4 Å². The van der Waals surface area contributed by atoms with Gasteiger partial charge in [-0.25, -0.2) is 0 Å². The Bertz CT molecular complexity index is 1000. The molecule has 4 rings (SSSR count). The number of aryl methyl sites for hydroxylation is 1. The minimum Gasteiger partial charge on any atom is -0.458 e. The zero-order valence-corrected chi connectivity index (χ0v) is 15.6. The van der Waals surface area contributed by atoms with E-state index in [1.807, 2.05) is 12.1 Å². The highest BCUT2D eigenvalue weighted by Gasteiger charge is 2.35. The topological polar surface area (TPSA) is 62.5 Å². The van der Waals surface area contributed by atoms with Crippen molar-refractivity contribution in [1.82, 2.24) is 0 Å². The van der Waals surface area contributed by atoms with Crippen LogP contribution >= 0.6 is 23.2 Å². The van der Waals surface area contributed by atoms with Crippen molar-refractivity contribution in [1.29, 1.82) is 0 Å². The number of hydrogen-bond acceptors (Lipinski definition) is 3. The number of anilines is 1. The highest BCUT2D eigenvalue weighted by Crippen LogP contribution is 2.43. The molecule has 6 heteroatoms. The van der Waals surface area contributed by atoms with Gasteiger partial charge in [-0.2, -0.15) is 0 Å². The van der Waals surface area contributed by atoms with Crippen molar-refractivity contribution in [3.05, 3.63) is 63.3 Å². The van der Waals surface area contributed by atoms with Crippen LogP contribution in [0.25, 0.3) is 11.0 Å². The fourth-order valence-corrected chi connectivity index (χ4v) is 4.22. The van der Waals surface area contributed by atoms with Crippen LogP contribution in [0.4, 0.5) is 5.69 Å². The van der Waals surface area contributed by atoms with E-state index in [1.165, 1.54) is 0 Å². The van der Waals surface area contributed by atoms with Crippen LogP contribution in [-0.2, 0) is 12.0 Å². The van der Waals surface area contributed by atoms with E-state index in [0.29, 0.717) is 17.7 Å². The van der Waals surface area contributed by atoms with E-state index in [-0.39, 0.29) is 15.6 Å². The molecule has 4 nitrogen and oxygen atoms in total. The lowest BCUT2D eigenvalue weighted by Crippen LogP contribution is -2.25. The molecule has 1 heterocycles. The van der Waals surface area contributed by atoms with Gasteiger partial charge >= 0.3 is 0 Å². The highest BCUT2D eigenvalue weighted by atomic mass is 35.5. The van der Waals surface area contributed by atoms with Gasteiger partial charge in [0.2, 0.25) is 0 Å². The fraction of sp³-hybridized carbons (Fsp3) is 0.250. The summed E-state index contributed by atoms with van der Waals surface area (Å²) in [6.45, 7) is 1.80. The molecule has 1 aromatic heterocycles. The second kappa shape index (κ2) is 6.31. The van der Waals surface area contributed by atoms with Gasteiger partial charge in [0.1, 0.15) is 5.76 Å². The average Bonchev–Trinajstić information content (AvgIpc) is 2.95.